The molecule has 7 heteroatoms. The highest BCUT2D eigenvalue weighted by atomic mass is 19.1. The van der Waals surface area contributed by atoms with Gasteiger partial charge in [-0.1, -0.05) is 11.6 Å². The van der Waals surface area contributed by atoms with Gasteiger partial charge in [-0.2, -0.15) is 10.2 Å². The molecule has 0 N–H and O–H groups in total. The van der Waals surface area contributed by atoms with E-state index in [1.54, 1.807) is 17.4 Å². The van der Waals surface area contributed by atoms with Crippen LogP contribution in [0, 0.1) is 23.6 Å². The zero-order chi connectivity index (χ0) is 20.5. The van der Waals surface area contributed by atoms with Gasteiger partial charge in [-0.05, 0) is 55.4 Å². The number of benzene rings is 1. The molecule has 30 heavy (non-hydrogen) atoms. The minimum Gasteiger partial charge on any atom is -0.272 e. The van der Waals surface area contributed by atoms with E-state index in [1.807, 2.05) is 6.20 Å². The van der Waals surface area contributed by atoms with Crippen LogP contribution in [0.4, 0.5) is 4.39 Å². The molecule has 2 aromatic heterocycles. The first-order chi connectivity index (χ1) is 14.5. The van der Waals surface area contributed by atoms with Crippen molar-refractivity contribution < 1.29 is 9.18 Å². The predicted octanol–water partition coefficient (Wildman–Crippen LogP) is 4.01. The third kappa shape index (κ3) is 2.47. The Bertz CT molecular complexity index is 1200. The average Bonchev–Trinajstić information content (AvgIpc) is 3.30. The summed E-state index contributed by atoms with van der Waals surface area (Å²) in [7, 11) is 0. The number of aryl methyl sites for hydroxylation is 1. The number of fused-ring (bicyclic) bond motifs is 1. The minimum atomic E-state index is -0.391. The van der Waals surface area contributed by atoms with Crippen LogP contribution in [-0.2, 0) is 11.3 Å². The second-order valence-electron chi connectivity index (χ2n) is 9.31. The number of halogens is 1. The molecule has 0 radical (unpaired) electrons. The lowest BCUT2D eigenvalue weighted by Gasteiger charge is -2.69. The maximum absolute atomic E-state index is 13.6. The molecule has 0 saturated heterocycles. The van der Waals surface area contributed by atoms with Crippen molar-refractivity contribution in [1.82, 2.24) is 19.8 Å². The van der Waals surface area contributed by atoms with Crippen LogP contribution in [0.5, 0.6) is 0 Å². The van der Waals surface area contributed by atoms with E-state index in [9.17, 15) is 9.18 Å². The molecular weight excluding hydrogens is 381 g/mol. The summed E-state index contributed by atoms with van der Waals surface area (Å²) in [5.74, 6) is -0.328. The third-order valence-electron chi connectivity index (χ3n) is 7.03. The first-order valence-corrected chi connectivity index (χ1v) is 10.4. The molecule has 152 valence electrons. The summed E-state index contributed by atoms with van der Waals surface area (Å²) in [5, 5.41) is 11.6. The smallest absolute Gasteiger partial charge is 0.249 e. The van der Waals surface area contributed by atoms with Crippen molar-refractivity contribution in [3.8, 4) is 0 Å². The van der Waals surface area contributed by atoms with Crippen LogP contribution < -0.4 is 0 Å². The molecule has 3 aliphatic carbocycles. The molecule has 0 spiro atoms. The molecule has 1 atom stereocenters. The van der Waals surface area contributed by atoms with Crippen molar-refractivity contribution >= 4 is 23.0 Å². The Morgan fingerprint density at radius 3 is 2.83 bits per heavy atom. The second-order valence-corrected chi connectivity index (χ2v) is 9.31. The first kappa shape index (κ1) is 17.7. The Balaban J connectivity index is 1.17. The van der Waals surface area contributed by atoms with E-state index < -0.39 is 5.82 Å². The lowest BCUT2D eigenvalue weighted by atomic mass is 9.34. The third-order valence-corrected chi connectivity index (χ3v) is 7.03. The number of carbonyl (C=O) groups excluding carboxylic acids is 1. The number of hydrogen-bond acceptors (Lipinski definition) is 4. The Morgan fingerprint density at radius 1 is 1.20 bits per heavy atom. The van der Waals surface area contributed by atoms with Crippen molar-refractivity contribution in [3.63, 3.8) is 0 Å². The number of nitrogens with zero attached hydrogens (tertiary/aromatic N) is 5. The average molecular weight is 403 g/mol. The monoisotopic (exact) mass is 403 g/mol. The lowest BCUT2D eigenvalue weighted by Crippen LogP contribution is -2.68. The summed E-state index contributed by atoms with van der Waals surface area (Å²) in [6, 6.07) is 7.57. The van der Waals surface area contributed by atoms with Gasteiger partial charge in [0.1, 0.15) is 5.82 Å². The predicted molar refractivity (Wildman–Crippen MR) is 110 cm³/mol. The van der Waals surface area contributed by atoms with Gasteiger partial charge in [0.05, 0.1) is 29.4 Å². The number of pyridine rings is 1. The fourth-order valence-corrected chi connectivity index (χ4v) is 5.78. The number of amides is 1. The second kappa shape index (κ2) is 5.97. The van der Waals surface area contributed by atoms with Gasteiger partial charge in [-0.3, -0.25) is 14.5 Å². The Labute approximate surface area is 173 Å². The molecule has 6 nitrogen and oxygen atoms in total. The Kier molecular flexibility index (Phi) is 3.53. The van der Waals surface area contributed by atoms with Crippen LogP contribution in [0.15, 0.2) is 48.0 Å². The topological polar surface area (TPSA) is 63.4 Å². The van der Waals surface area contributed by atoms with E-state index in [0.717, 1.165) is 36.7 Å². The van der Waals surface area contributed by atoms with Gasteiger partial charge < -0.3 is 0 Å². The molecule has 1 unspecified atom stereocenters. The highest BCUT2D eigenvalue weighted by molar-refractivity contribution is 5.88. The summed E-state index contributed by atoms with van der Waals surface area (Å²) in [6.07, 6.45) is 9.66. The van der Waals surface area contributed by atoms with Crippen LogP contribution >= 0.6 is 0 Å². The summed E-state index contributed by atoms with van der Waals surface area (Å²) >= 11 is 0. The van der Waals surface area contributed by atoms with Gasteiger partial charge in [0, 0.05) is 30.8 Å². The molecule has 1 aromatic carbocycles. The van der Waals surface area contributed by atoms with E-state index in [4.69, 9.17) is 0 Å². The van der Waals surface area contributed by atoms with Crippen molar-refractivity contribution in [1.29, 1.82) is 0 Å². The normalized spacial score (nSPS) is 29.1. The summed E-state index contributed by atoms with van der Waals surface area (Å²) < 4.78 is 15.7. The lowest BCUT2D eigenvalue weighted by molar-refractivity contribution is -0.223. The van der Waals surface area contributed by atoms with Crippen molar-refractivity contribution in [2.75, 3.05) is 0 Å². The highest BCUT2D eigenvalue weighted by Crippen LogP contribution is 2.74. The van der Waals surface area contributed by atoms with Gasteiger partial charge in [0.2, 0.25) is 5.91 Å². The molecular formula is C23H22FN5O. The maximum Gasteiger partial charge on any atom is 0.249 e. The van der Waals surface area contributed by atoms with E-state index in [-0.39, 0.29) is 22.8 Å². The zero-order valence-electron chi connectivity index (χ0n) is 16.8. The minimum absolute atomic E-state index is 0.0633. The molecule has 3 fully saturated rings. The molecule has 3 saturated carbocycles. The number of rotatable bonds is 4. The summed E-state index contributed by atoms with van der Waals surface area (Å²) in [4.78, 5) is 17.3. The van der Waals surface area contributed by atoms with E-state index in [1.165, 1.54) is 17.8 Å². The number of carbonyl (C=O) groups is 1. The van der Waals surface area contributed by atoms with Crippen LogP contribution in [0.1, 0.15) is 42.9 Å². The van der Waals surface area contributed by atoms with Crippen molar-refractivity contribution in [3.05, 3.63) is 59.8 Å². The van der Waals surface area contributed by atoms with Gasteiger partial charge in [0.25, 0.3) is 0 Å². The standard InChI is InChI=1S/C23H22FN5O/c1-15-2-3-19-16(6-15)9-27-28(19)14-22-11-23(12-22,13-22)21(30)29-20(4-5-26-29)17-7-18(24)10-25-8-17/h2-3,5-10,20H,4,11-14H2,1H3. The van der Waals surface area contributed by atoms with Gasteiger partial charge in [0.15, 0.2) is 0 Å². The zero-order valence-corrected chi connectivity index (χ0v) is 16.8. The molecule has 1 amide bonds. The largest absolute Gasteiger partial charge is 0.272 e. The molecule has 3 heterocycles. The maximum atomic E-state index is 13.6. The van der Waals surface area contributed by atoms with Crippen LogP contribution in [0.25, 0.3) is 10.9 Å². The van der Waals surface area contributed by atoms with Crippen LogP contribution in [0.3, 0.4) is 0 Å². The molecule has 2 bridgehead atoms. The Hall–Kier alpha value is -3.09. The first-order valence-electron chi connectivity index (χ1n) is 10.4. The summed E-state index contributed by atoms with van der Waals surface area (Å²) in [6.45, 7) is 2.93. The van der Waals surface area contributed by atoms with Crippen molar-refractivity contribution in [2.45, 2.75) is 45.2 Å². The molecule has 1 aliphatic heterocycles. The van der Waals surface area contributed by atoms with E-state index >= 15 is 0 Å². The highest BCUT2D eigenvalue weighted by Gasteiger charge is 2.72. The summed E-state index contributed by atoms with van der Waals surface area (Å²) in [5.41, 5.74) is 2.90. The van der Waals surface area contributed by atoms with Gasteiger partial charge in [-0.15, -0.1) is 0 Å². The van der Waals surface area contributed by atoms with Crippen LogP contribution in [-0.4, -0.2) is 31.9 Å². The SMILES string of the molecule is Cc1ccc2c(cnn2CC23CC(C(=O)N4N=CCC4c4cncc(F)c4)(C2)C3)c1. The molecule has 7 rings (SSSR count). The quantitative estimate of drug-likeness (QED) is 0.661. The van der Waals surface area contributed by atoms with E-state index in [0.29, 0.717) is 12.0 Å². The number of hydrogen-bond donors (Lipinski definition) is 0. The van der Waals surface area contributed by atoms with Crippen LogP contribution in [0.2, 0.25) is 0 Å². The number of hydrazone groups is 1. The molecule has 4 aliphatic rings. The van der Waals surface area contributed by atoms with Crippen molar-refractivity contribution in [2.24, 2.45) is 15.9 Å². The van der Waals surface area contributed by atoms with E-state index in [2.05, 4.69) is 45.0 Å². The van der Waals surface area contributed by atoms with Gasteiger partial charge >= 0.3 is 0 Å². The fraction of sp³-hybridized carbons (Fsp3) is 0.391. The van der Waals surface area contributed by atoms with Gasteiger partial charge in [-0.25, -0.2) is 9.40 Å². The fourth-order valence-electron chi connectivity index (χ4n) is 5.78. The number of aromatic nitrogens is 3. The molecule has 3 aromatic rings. The Morgan fingerprint density at radius 2 is 2.03 bits per heavy atom.